The molecule has 0 saturated carbocycles. The molecule has 8 heteroatoms. The molecular formula is C26H19ClN2O4S. The number of thiophene rings is 1. The van der Waals surface area contributed by atoms with Crippen molar-refractivity contribution in [2.75, 3.05) is 0 Å². The van der Waals surface area contributed by atoms with Crippen LogP contribution in [-0.4, -0.2) is 15.7 Å². The van der Waals surface area contributed by atoms with E-state index in [1.807, 2.05) is 48.0 Å². The molecule has 3 heterocycles. The lowest BCUT2D eigenvalue weighted by atomic mass is 10.1. The Morgan fingerprint density at radius 2 is 1.97 bits per heavy atom. The number of carbonyl (C=O) groups excluding carboxylic acids is 1. The Morgan fingerprint density at radius 1 is 1.15 bits per heavy atom. The normalized spacial score (nSPS) is 13.0. The summed E-state index contributed by atoms with van der Waals surface area (Å²) in [7, 11) is 0. The van der Waals surface area contributed by atoms with Crippen molar-refractivity contribution < 1.29 is 13.9 Å². The van der Waals surface area contributed by atoms with Gasteiger partial charge in [0.15, 0.2) is 0 Å². The maximum Gasteiger partial charge on any atom is 0.353 e. The number of aryl methyl sites for hydroxylation is 2. The Kier molecular flexibility index (Phi) is 5.04. The van der Waals surface area contributed by atoms with Crippen LogP contribution in [0.2, 0.25) is 5.02 Å². The van der Waals surface area contributed by atoms with Crippen LogP contribution in [0.3, 0.4) is 0 Å². The highest BCUT2D eigenvalue weighted by Crippen LogP contribution is 2.32. The molecule has 0 saturated heterocycles. The fourth-order valence-corrected chi connectivity index (χ4v) is 5.83. The van der Waals surface area contributed by atoms with Gasteiger partial charge in [-0.15, -0.1) is 11.3 Å². The molecular weight excluding hydrogens is 472 g/mol. The topological polar surface area (TPSA) is 74.3 Å². The summed E-state index contributed by atoms with van der Waals surface area (Å²) in [6, 6.07) is 14.7. The summed E-state index contributed by atoms with van der Waals surface area (Å²) in [5, 5.41) is 7.10. The van der Waals surface area contributed by atoms with Crippen molar-refractivity contribution in [2.24, 2.45) is 0 Å². The Hall–Kier alpha value is -3.42. The van der Waals surface area contributed by atoms with Crippen molar-refractivity contribution >= 4 is 50.1 Å². The molecule has 1 aliphatic carbocycles. The molecule has 0 amide bonds. The van der Waals surface area contributed by atoms with Gasteiger partial charge in [0, 0.05) is 27.4 Å². The van der Waals surface area contributed by atoms with Crippen molar-refractivity contribution in [2.45, 2.75) is 32.7 Å². The van der Waals surface area contributed by atoms with E-state index in [-0.39, 0.29) is 5.63 Å². The molecule has 0 radical (unpaired) electrons. The number of halogens is 1. The molecule has 0 spiro atoms. The van der Waals surface area contributed by atoms with E-state index in [9.17, 15) is 9.59 Å². The van der Waals surface area contributed by atoms with Gasteiger partial charge in [0.05, 0.1) is 12.2 Å². The monoisotopic (exact) mass is 490 g/mol. The van der Waals surface area contributed by atoms with Gasteiger partial charge in [0.25, 0.3) is 0 Å². The minimum absolute atomic E-state index is 0.300. The highest BCUT2D eigenvalue weighted by atomic mass is 35.5. The largest absolute Gasteiger partial charge is 0.422 e. The van der Waals surface area contributed by atoms with Gasteiger partial charge >= 0.3 is 11.6 Å². The number of nitrogens with zero attached hydrogens (tertiary/aromatic N) is 2. The number of rotatable bonds is 4. The second-order valence-corrected chi connectivity index (χ2v) is 9.85. The van der Waals surface area contributed by atoms with Crippen LogP contribution in [-0.2, 0) is 19.4 Å². The number of fused-ring (bicyclic) bond motifs is 4. The summed E-state index contributed by atoms with van der Waals surface area (Å²) in [5.74, 6) is -0.127. The van der Waals surface area contributed by atoms with Gasteiger partial charge in [-0.05, 0) is 61.6 Å². The zero-order valence-electron chi connectivity index (χ0n) is 18.3. The van der Waals surface area contributed by atoms with Gasteiger partial charge in [0.1, 0.15) is 21.0 Å². The molecule has 1 aliphatic rings. The molecule has 170 valence electrons. The van der Waals surface area contributed by atoms with E-state index in [4.69, 9.17) is 20.8 Å². The second kappa shape index (κ2) is 8.11. The van der Waals surface area contributed by atoms with Crippen molar-refractivity contribution in [3.8, 4) is 5.75 Å². The zero-order valence-corrected chi connectivity index (χ0v) is 19.8. The first-order valence-electron chi connectivity index (χ1n) is 11.0. The lowest BCUT2D eigenvalue weighted by Gasteiger charge is -2.07. The van der Waals surface area contributed by atoms with Crippen LogP contribution in [0.4, 0.5) is 0 Å². The first kappa shape index (κ1) is 21.1. The highest BCUT2D eigenvalue weighted by Gasteiger charge is 2.21. The van der Waals surface area contributed by atoms with E-state index in [1.54, 1.807) is 12.1 Å². The minimum atomic E-state index is -0.465. The summed E-state index contributed by atoms with van der Waals surface area (Å²) in [6.07, 6.45) is 2.57. The molecule has 0 N–H and O–H groups in total. The molecule has 5 aromatic rings. The van der Waals surface area contributed by atoms with E-state index < -0.39 is 5.97 Å². The molecule has 6 nitrogen and oxygen atoms in total. The average Bonchev–Trinajstić information content (AvgIpc) is 3.53. The van der Waals surface area contributed by atoms with Gasteiger partial charge in [-0.1, -0.05) is 29.8 Å². The Morgan fingerprint density at radius 3 is 2.82 bits per heavy atom. The number of hydrogen-bond acceptors (Lipinski definition) is 6. The van der Waals surface area contributed by atoms with Crippen LogP contribution < -0.4 is 10.4 Å². The molecule has 0 unspecified atom stereocenters. The predicted octanol–water partition coefficient (Wildman–Crippen LogP) is 5.92. The summed E-state index contributed by atoms with van der Waals surface area (Å²) in [4.78, 5) is 26.6. The third-order valence-electron chi connectivity index (χ3n) is 6.24. The van der Waals surface area contributed by atoms with Gasteiger partial charge in [-0.2, -0.15) is 5.10 Å². The Balaban J connectivity index is 1.30. The van der Waals surface area contributed by atoms with E-state index >= 15 is 0 Å². The van der Waals surface area contributed by atoms with Crippen molar-refractivity contribution in [1.82, 2.24) is 9.78 Å². The number of ether oxygens (including phenoxy) is 1. The number of aromatic nitrogens is 2. The van der Waals surface area contributed by atoms with Gasteiger partial charge in [0.2, 0.25) is 0 Å². The van der Waals surface area contributed by atoms with Crippen LogP contribution in [0, 0.1) is 6.92 Å². The molecule has 3 aromatic heterocycles. The quantitative estimate of drug-likeness (QED) is 0.177. The molecule has 0 bridgehead atoms. The van der Waals surface area contributed by atoms with Crippen molar-refractivity contribution in [1.29, 1.82) is 0 Å². The standard InChI is InChI=1S/C26H19ClN2O4S/c1-14-20-12-23(34-24(20)29(28-14)13-15-5-2-3-8-21(15)27)26(31)32-16-9-10-18-17-6-4-7-19(17)25(30)33-22(18)11-16/h2-3,5,8-12H,4,6-7,13H2,1H3. The second-order valence-electron chi connectivity index (χ2n) is 8.41. The van der Waals surface area contributed by atoms with Crippen molar-refractivity contribution in [3.05, 3.63) is 91.2 Å². The summed E-state index contributed by atoms with van der Waals surface area (Å²) < 4.78 is 13.0. The number of carbonyl (C=O) groups is 1. The van der Waals surface area contributed by atoms with Gasteiger partial charge < -0.3 is 9.15 Å². The Bertz CT molecular complexity index is 1660. The zero-order chi connectivity index (χ0) is 23.4. The Labute approximate surface area is 203 Å². The first-order valence-corrected chi connectivity index (χ1v) is 12.2. The first-order chi connectivity index (χ1) is 16.5. The van der Waals surface area contributed by atoms with E-state index in [0.717, 1.165) is 57.2 Å². The molecule has 2 aromatic carbocycles. The fourth-order valence-electron chi connectivity index (χ4n) is 4.59. The van der Waals surface area contributed by atoms with Crippen LogP contribution >= 0.6 is 22.9 Å². The van der Waals surface area contributed by atoms with Crippen LogP contribution in [0.25, 0.3) is 21.2 Å². The fraction of sp³-hybridized carbons (Fsp3) is 0.192. The highest BCUT2D eigenvalue weighted by molar-refractivity contribution is 7.20. The molecule has 0 aliphatic heterocycles. The predicted molar refractivity (Wildman–Crippen MR) is 132 cm³/mol. The smallest absolute Gasteiger partial charge is 0.353 e. The van der Waals surface area contributed by atoms with E-state index in [2.05, 4.69) is 5.10 Å². The van der Waals surface area contributed by atoms with Crippen LogP contribution in [0.5, 0.6) is 5.75 Å². The summed E-state index contributed by atoms with van der Waals surface area (Å²) in [6.45, 7) is 2.42. The van der Waals surface area contributed by atoms with Crippen LogP contribution in [0.1, 0.15) is 38.5 Å². The maximum atomic E-state index is 13.0. The molecule has 34 heavy (non-hydrogen) atoms. The van der Waals surface area contributed by atoms with E-state index in [1.165, 1.54) is 11.3 Å². The molecule has 6 rings (SSSR count). The van der Waals surface area contributed by atoms with Crippen LogP contribution in [0.15, 0.2) is 57.7 Å². The lowest BCUT2D eigenvalue weighted by Crippen LogP contribution is -2.08. The van der Waals surface area contributed by atoms with Gasteiger partial charge in [-0.3, -0.25) is 4.68 Å². The SMILES string of the molecule is Cc1nn(Cc2ccccc2Cl)c2sc(C(=O)Oc3ccc4c5c(c(=O)oc4c3)CCC5)cc12. The number of benzene rings is 2. The molecule has 0 atom stereocenters. The average molecular weight is 491 g/mol. The number of esters is 1. The third-order valence-corrected chi connectivity index (χ3v) is 7.74. The summed E-state index contributed by atoms with van der Waals surface area (Å²) in [5.41, 5.74) is 3.75. The van der Waals surface area contributed by atoms with Gasteiger partial charge in [-0.25, -0.2) is 9.59 Å². The van der Waals surface area contributed by atoms with E-state index in [0.29, 0.717) is 27.8 Å². The maximum absolute atomic E-state index is 13.0. The lowest BCUT2D eigenvalue weighted by molar-refractivity contribution is 0.0740. The van der Waals surface area contributed by atoms with Crippen molar-refractivity contribution in [3.63, 3.8) is 0 Å². The summed E-state index contributed by atoms with van der Waals surface area (Å²) >= 11 is 7.65. The molecule has 0 fully saturated rings. The number of hydrogen-bond donors (Lipinski definition) is 0. The third kappa shape index (κ3) is 3.52. The minimum Gasteiger partial charge on any atom is -0.422 e.